The van der Waals surface area contributed by atoms with E-state index in [0.29, 0.717) is 24.7 Å². The molecule has 2 aliphatic heterocycles. The number of carbonyl (C=O) groups is 1. The largest absolute Gasteiger partial charge is 0.497 e. The van der Waals surface area contributed by atoms with Gasteiger partial charge in [0.1, 0.15) is 18.1 Å². The van der Waals surface area contributed by atoms with Gasteiger partial charge in [0.05, 0.1) is 13.7 Å². The van der Waals surface area contributed by atoms with Gasteiger partial charge >= 0.3 is 0 Å². The van der Waals surface area contributed by atoms with E-state index in [2.05, 4.69) is 15.1 Å². The van der Waals surface area contributed by atoms with Crippen molar-refractivity contribution in [3.8, 4) is 23.0 Å². The molecule has 0 aromatic heterocycles. The molecule has 0 radical (unpaired) electrons. The van der Waals surface area contributed by atoms with Crippen LogP contribution >= 0.6 is 0 Å². The molecule has 2 aliphatic rings. The lowest BCUT2D eigenvalue weighted by Gasteiger charge is -2.34. The number of hydrogen-bond acceptors (Lipinski definition) is 7. The molecule has 1 N–H and O–H groups in total. The summed E-state index contributed by atoms with van der Waals surface area (Å²) in [5, 5.41) is 2.93. The molecule has 160 valence electrons. The molecule has 0 atom stereocenters. The molecule has 0 saturated carbocycles. The number of fused-ring (bicyclic) bond motifs is 1. The molecule has 1 fully saturated rings. The zero-order chi connectivity index (χ0) is 20.8. The Hall–Kier alpha value is -2.97. The van der Waals surface area contributed by atoms with Gasteiger partial charge in [-0.15, -0.1) is 0 Å². The Morgan fingerprint density at radius 3 is 2.43 bits per heavy atom. The van der Waals surface area contributed by atoms with Crippen molar-refractivity contribution in [2.24, 2.45) is 0 Å². The van der Waals surface area contributed by atoms with Crippen molar-refractivity contribution in [3.05, 3.63) is 42.5 Å². The number of carbonyl (C=O) groups excluding carboxylic acids is 1. The highest BCUT2D eigenvalue weighted by molar-refractivity contribution is 5.92. The number of anilines is 1. The fraction of sp³-hybridized carbons (Fsp3) is 0.409. The molecule has 0 spiro atoms. The van der Waals surface area contributed by atoms with Crippen molar-refractivity contribution < 1.29 is 23.7 Å². The van der Waals surface area contributed by atoms with Crippen LogP contribution in [0.5, 0.6) is 23.0 Å². The molecular weight excluding hydrogens is 386 g/mol. The van der Waals surface area contributed by atoms with E-state index >= 15 is 0 Å². The zero-order valence-electron chi connectivity index (χ0n) is 17.1. The van der Waals surface area contributed by atoms with Gasteiger partial charge in [-0.05, 0) is 36.4 Å². The smallest absolute Gasteiger partial charge is 0.238 e. The van der Waals surface area contributed by atoms with Crippen LogP contribution in [0.15, 0.2) is 42.5 Å². The molecule has 4 rings (SSSR count). The fourth-order valence-electron chi connectivity index (χ4n) is 3.51. The number of ether oxygens (including phenoxy) is 4. The minimum atomic E-state index is -0.0230. The van der Waals surface area contributed by atoms with Gasteiger partial charge in [0.15, 0.2) is 11.5 Å². The number of piperazine rings is 1. The van der Waals surface area contributed by atoms with E-state index in [9.17, 15) is 4.79 Å². The van der Waals surface area contributed by atoms with Gasteiger partial charge in [-0.2, -0.15) is 0 Å². The molecule has 0 aliphatic carbocycles. The maximum Gasteiger partial charge on any atom is 0.238 e. The lowest BCUT2D eigenvalue weighted by Crippen LogP contribution is -2.49. The predicted molar refractivity (Wildman–Crippen MR) is 113 cm³/mol. The molecule has 8 heteroatoms. The molecule has 0 bridgehead atoms. The number of benzene rings is 2. The third-order valence-electron chi connectivity index (χ3n) is 5.22. The monoisotopic (exact) mass is 413 g/mol. The van der Waals surface area contributed by atoms with Crippen molar-refractivity contribution >= 4 is 11.6 Å². The zero-order valence-corrected chi connectivity index (χ0v) is 17.1. The molecule has 1 amide bonds. The number of nitrogens with one attached hydrogen (secondary N) is 1. The first-order valence-corrected chi connectivity index (χ1v) is 10.1. The van der Waals surface area contributed by atoms with Crippen LogP contribution in [0.3, 0.4) is 0 Å². The summed E-state index contributed by atoms with van der Waals surface area (Å²) in [4.78, 5) is 16.9. The molecule has 8 nitrogen and oxygen atoms in total. The Balaban J connectivity index is 1.14. The van der Waals surface area contributed by atoms with E-state index in [4.69, 9.17) is 18.9 Å². The summed E-state index contributed by atoms with van der Waals surface area (Å²) in [6.45, 7) is 5.66. The first-order valence-electron chi connectivity index (χ1n) is 10.1. The van der Waals surface area contributed by atoms with E-state index < -0.39 is 0 Å². The van der Waals surface area contributed by atoms with Gasteiger partial charge in [-0.25, -0.2) is 0 Å². The molecule has 1 saturated heterocycles. The molecule has 2 aromatic carbocycles. The van der Waals surface area contributed by atoms with Gasteiger partial charge in [0.2, 0.25) is 12.7 Å². The van der Waals surface area contributed by atoms with Crippen molar-refractivity contribution in [2.45, 2.75) is 0 Å². The van der Waals surface area contributed by atoms with Crippen molar-refractivity contribution in [1.29, 1.82) is 0 Å². The van der Waals surface area contributed by atoms with Crippen molar-refractivity contribution in [3.63, 3.8) is 0 Å². The summed E-state index contributed by atoms with van der Waals surface area (Å²) >= 11 is 0. The van der Waals surface area contributed by atoms with Crippen molar-refractivity contribution in [2.75, 3.05) is 65.1 Å². The summed E-state index contributed by atoms with van der Waals surface area (Å²) in [6.07, 6.45) is 0. The summed E-state index contributed by atoms with van der Waals surface area (Å²) in [5.41, 5.74) is 0.721. The van der Waals surface area contributed by atoms with E-state index in [1.165, 1.54) is 0 Å². The predicted octanol–water partition coefficient (Wildman–Crippen LogP) is 2.06. The Morgan fingerprint density at radius 1 is 0.967 bits per heavy atom. The van der Waals surface area contributed by atoms with Gasteiger partial charge in [0.25, 0.3) is 0 Å². The number of nitrogens with zero attached hydrogens (tertiary/aromatic N) is 2. The van der Waals surface area contributed by atoms with Gasteiger partial charge < -0.3 is 24.3 Å². The van der Waals surface area contributed by atoms with Crippen LogP contribution in [0.25, 0.3) is 0 Å². The third-order valence-corrected chi connectivity index (χ3v) is 5.22. The van der Waals surface area contributed by atoms with E-state index in [1.807, 2.05) is 36.4 Å². The Bertz CT molecular complexity index is 850. The van der Waals surface area contributed by atoms with Gasteiger partial charge in [-0.1, -0.05) is 0 Å². The average Bonchev–Trinajstić information content (AvgIpc) is 3.23. The lowest BCUT2D eigenvalue weighted by molar-refractivity contribution is -0.117. The van der Waals surface area contributed by atoms with Crippen LogP contribution in [0, 0.1) is 0 Å². The first-order chi connectivity index (χ1) is 14.7. The van der Waals surface area contributed by atoms with Crippen LogP contribution in [0.1, 0.15) is 0 Å². The van der Waals surface area contributed by atoms with E-state index in [-0.39, 0.29) is 12.7 Å². The second-order valence-corrected chi connectivity index (χ2v) is 7.26. The van der Waals surface area contributed by atoms with Crippen molar-refractivity contribution in [1.82, 2.24) is 9.80 Å². The Labute approximate surface area is 176 Å². The normalized spacial score (nSPS) is 16.3. The highest BCUT2D eigenvalue weighted by Gasteiger charge is 2.20. The van der Waals surface area contributed by atoms with Crippen LogP contribution in [0.2, 0.25) is 0 Å². The van der Waals surface area contributed by atoms with Gasteiger partial charge in [-0.3, -0.25) is 14.6 Å². The van der Waals surface area contributed by atoms with E-state index in [0.717, 1.165) is 49.9 Å². The summed E-state index contributed by atoms with van der Waals surface area (Å²) in [7, 11) is 1.65. The molecule has 2 heterocycles. The maximum absolute atomic E-state index is 12.4. The van der Waals surface area contributed by atoms with Crippen LogP contribution in [0.4, 0.5) is 5.69 Å². The SMILES string of the molecule is COc1ccc(OCCN2CCN(CC(=O)Nc3ccc4c(c3)OCO4)CC2)cc1. The summed E-state index contributed by atoms with van der Waals surface area (Å²) in [6, 6.07) is 13.0. The second kappa shape index (κ2) is 9.69. The molecule has 2 aromatic rings. The van der Waals surface area contributed by atoms with E-state index in [1.54, 1.807) is 13.2 Å². The minimum Gasteiger partial charge on any atom is -0.497 e. The standard InChI is InChI=1S/C22H27N3O5/c1-27-18-3-5-19(6-4-18)28-13-12-24-8-10-25(11-9-24)15-22(26)23-17-2-7-20-21(14-17)30-16-29-20/h2-7,14H,8-13,15-16H2,1H3,(H,23,26). The number of hydrogen-bond donors (Lipinski definition) is 1. The summed E-state index contributed by atoms with van der Waals surface area (Å²) < 4.78 is 21.6. The number of methoxy groups -OCH3 is 1. The molecule has 0 unspecified atom stereocenters. The average molecular weight is 413 g/mol. The first kappa shape index (κ1) is 20.3. The Morgan fingerprint density at radius 2 is 1.67 bits per heavy atom. The fourth-order valence-corrected chi connectivity index (χ4v) is 3.51. The molecule has 30 heavy (non-hydrogen) atoms. The minimum absolute atomic E-state index is 0.0230. The lowest BCUT2D eigenvalue weighted by atomic mass is 10.2. The number of amides is 1. The highest BCUT2D eigenvalue weighted by atomic mass is 16.7. The molecular formula is C22H27N3O5. The quantitative estimate of drug-likeness (QED) is 0.710. The Kier molecular flexibility index (Phi) is 6.56. The maximum atomic E-state index is 12.4. The number of rotatable bonds is 8. The van der Waals surface area contributed by atoms with Crippen LogP contribution < -0.4 is 24.3 Å². The third kappa shape index (κ3) is 5.34. The van der Waals surface area contributed by atoms with Gasteiger partial charge in [0, 0.05) is 44.5 Å². The van der Waals surface area contributed by atoms with Crippen LogP contribution in [-0.2, 0) is 4.79 Å². The summed E-state index contributed by atoms with van der Waals surface area (Å²) in [5.74, 6) is 3.01. The van der Waals surface area contributed by atoms with Crippen LogP contribution in [-0.4, -0.2) is 75.5 Å². The highest BCUT2D eigenvalue weighted by Crippen LogP contribution is 2.34. The topological polar surface area (TPSA) is 72.5 Å². The second-order valence-electron chi connectivity index (χ2n) is 7.26.